The summed E-state index contributed by atoms with van der Waals surface area (Å²) < 4.78 is 11.1. The van der Waals surface area contributed by atoms with E-state index in [9.17, 15) is 0 Å². The first kappa shape index (κ1) is 16.3. The van der Waals surface area contributed by atoms with Gasteiger partial charge in [-0.1, -0.05) is 25.1 Å². The molecule has 0 spiro atoms. The molecule has 4 nitrogen and oxygen atoms in total. The number of methoxy groups -OCH3 is 1. The minimum absolute atomic E-state index is 0.243. The average Bonchev–Trinajstić information content (AvgIpc) is 2.94. The molecule has 1 aromatic rings. The van der Waals surface area contributed by atoms with E-state index in [1.54, 1.807) is 7.11 Å². The number of rotatable bonds is 8. The molecule has 1 unspecified atom stereocenters. The van der Waals surface area contributed by atoms with Crippen molar-refractivity contribution in [2.24, 2.45) is 5.41 Å². The average molecular weight is 292 g/mol. The zero-order valence-electron chi connectivity index (χ0n) is 13.5. The quantitative estimate of drug-likeness (QED) is 0.796. The Kier molecular flexibility index (Phi) is 6.03. The van der Waals surface area contributed by atoms with Crippen molar-refractivity contribution >= 4 is 0 Å². The minimum Gasteiger partial charge on any atom is -0.496 e. The van der Waals surface area contributed by atoms with Gasteiger partial charge in [-0.15, -0.1) is 0 Å². The van der Waals surface area contributed by atoms with Gasteiger partial charge >= 0.3 is 0 Å². The van der Waals surface area contributed by atoms with E-state index in [2.05, 4.69) is 36.3 Å². The topological polar surface area (TPSA) is 33.7 Å². The van der Waals surface area contributed by atoms with Gasteiger partial charge in [0.2, 0.25) is 0 Å². The zero-order valence-corrected chi connectivity index (χ0v) is 13.5. The van der Waals surface area contributed by atoms with Gasteiger partial charge in [-0.25, -0.2) is 0 Å². The molecule has 1 N–H and O–H groups in total. The van der Waals surface area contributed by atoms with Gasteiger partial charge in [0.1, 0.15) is 5.75 Å². The third-order valence-electron chi connectivity index (χ3n) is 4.17. The van der Waals surface area contributed by atoms with Crippen molar-refractivity contribution in [2.45, 2.75) is 19.9 Å². The van der Waals surface area contributed by atoms with Gasteiger partial charge in [-0.3, -0.25) is 0 Å². The number of hydrogen-bond acceptors (Lipinski definition) is 4. The molecule has 0 amide bonds. The van der Waals surface area contributed by atoms with Crippen LogP contribution < -0.4 is 10.1 Å². The Bertz CT molecular complexity index is 431. The van der Waals surface area contributed by atoms with Crippen LogP contribution in [0.2, 0.25) is 0 Å². The van der Waals surface area contributed by atoms with Crippen LogP contribution in [0, 0.1) is 5.41 Å². The van der Waals surface area contributed by atoms with Gasteiger partial charge in [0, 0.05) is 37.2 Å². The number of nitrogens with zero attached hydrogens (tertiary/aromatic N) is 1. The number of para-hydroxylation sites is 1. The number of hydrogen-bond donors (Lipinski definition) is 1. The second-order valence-electron chi connectivity index (χ2n) is 6.07. The Labute approximate surface area is 128 Å². The highest BCUT2D eigenvalue weighted by Crippen LogP contribution is 2.30. The molecule has 1 aromatic carbocycles. The molecule has 0 saturated carbocycles. The number of nitrogens with one attached hydrogen (secondary N) is 1. The lowest BCUT2D eigenvalue weighted by Gasteiger charge is -2.32. The number of ether oxygens (including phenoxy) is 2. The Morgan fingerprint density at radius 1 is 1.38 bits per heavy atom. The molecule has 0 bridgehead atoms. The third-order valence-corrected chi connectivity index (χ3v) is 4.17. The van der Waals surface area contributed by atoms with E-state index in [-0.39, 0.29) is 5.41 Å². The van der Waals surface area contributed by atoms with E-state index in [1.165, 1.54) is 5.56 Å². The lowest BCUT2D eigenvalue weighted by molar-refractivity contribution is 0.116. The van der Waals surface area contributed by atoms with Crippen molar-refractivity contribution < 1.29 is 9.47 Å². The van der Waals surface area contributed by atoms with Gasteiger partial charge in [0.25, 0.3) is 0 Å². The number of benzene rings is 1. The molecular weight excluding hydrogens is 264 g/mol. The molecular formula is C17H28N2O2. The largest absolute Gasteiger partial charge is 0.496 e. The molecule has 1 saturated heterocycles. The van der Waals surface area contributed by atoms with Crippen LogP contribution in [0.4, 0.5) is 0 Å². The van der Waals surface area contributed by atoms with Gasteiger partial charge in [0.15, 0.2) is 0 Å². The van der Waals surface area contributed by atoms with Crippen LogP contribution in [0.15, 0.2) is 24.3 Å². The van der Waals surface area contributed by atoms with Gasteiger partial charge in [-0.05, 0) is 26.1 Å². The summed E-state index contributed by atoms with van der Waals surface area (Å²) in [5, 5.41) is 3.49. The van der Waals surface area contributed by atoms with Crippen molar-refractivity contribution in [3.8, 4) is 5.75 Å². The molecule has 2 rings (SSSR count). The van der Waals surface area contributed by atoms with Crippen LogP contribution in [0.25, 0.3) is 0 Å². The Morgan fingerprint density at radius 3 is 2.86 bits per heavy atom. The zero-order chi connectivity index (χ0) is 15.1. The summed E-state index contributed by atoms with van der Waals surface area (Å²) >= 11 is 0. The Balaban J connectivity index is 1.97. The molecule has 1 atom stereocenters. The van der Waals surface area contributed by atoms with Crippen LogP contribution in [-0.2, 0) is 11.3 Å². The molecule has 0 radical (unpaired) electrons. The van der Waals surface area contributed by atoms with Crippen molar-refractivity contribution in [3.05, 3.63) is 29.8 Å². The van der Waals surface area contributed by atoms with E-state index < -0.39 is 0 Å². The van der Waals surface area contributed by atoms with E-state index in [4.69, 9.17) is 9.47 Å². The SMILES string of the molecule is CCNCC1(CN(C)Cc2ccccc2OC)CCOC1. The summed E-state index contributed by atoms with van der Waals surface area (Å²) in [5.41, 5.74) is 1.48. The van der Waals surface area contributed by atoms with Crippen LogP contribution in [-0.4, -0.2) is 51.9 Å². The standard InChI is InChI=1S/C17H28N2O2/c1-4-18-12-17(9-10-21-14-17)13-19(2)11-15-7-5-6-8-16(15)20-3/h5-8,18H,4,9-14H2,1-3H3. The Morgan fingerprint density at radius 2 is 2.19 bits per heavy atom. The summed E-state index contributed by atoms with van der Waals surface area (Å²) in [6.07, 6.45) is 1.14. The van der Waals surface area contributed by atoms with Crippen LogP contribution in [0.1, 0.15) is 18.9 Å². The van der Waals surface area contributed by atoms with Crippen LogP contribution >= 0.6 is 0 Å². The minimum atomic E-state index is 0.243. The maximum Gasteiger partial charge on any atom is 0.123 e. The third kappa shape index (κ3) is 4.43. The smallest absolute Gasteiger partial charge is 0.123 e. The van der Waals surface area contributed by atoms with Crippen molar-refractivity contribution in [3.63, 3.8) is 0 Å². The molecule has 1 heterocycles. The predicted molar refractivity (Wildman–Crippen MR) is 85.7 cm³/mol. The Hall–Kier alpha value is -1.10. The van der Waals surface area contributed by atoms with E-state index in [1.807, 2.05) is 12.1 Å². The monoisotopic (exact) mass is 292 g/mol. The van der Waals surface area contributed by atoms with Gasteiger partial charge in [0.05, 0.1) is 13.7 Å². The van der Waals surface area contributed by atoms with Crippen molar-refractivity contribution in [1.29, 1.82) is 0 Å². The molecule has 118 valence electrons. The maximum absolute atomic E-state index is 5.66. The molecule has 0 aromatic heterocycles. The molecule has 0 aliphatic carbocycles. The molecule has 1 fully saturated rings. The van der Waals surface area contributed by atoms with Crippen molar-refractivity contribution in [2.75, 3.05) is 47.0 Å². The van der Waals surface area contributed by atoms with Crippen LogP contribution in [0.3, 0.4) is 0 Å². The maximum atomic E-state index is 5.66. The summed E-state index contributed by atoms with van der Waals surface area (Å²) in [4.78, 5) is 2.38. The lowest BCUT2D eigenvalue weighted by Crippen LogP contribution is -2.43. The van der Waals surface area contributed by atoms with E-state index in [0.29, 0.717) is 0 Å². The van der Waals surface area contributed by atoms with Crippen LogP contribution in [0.5, 0.6) is 5.75 Å². The molecule has 4 heteroatoms. The lowest BCUT2D eigenvalue weighted by atomic mass is 9.86. The van der Waals surface area contributed by atoms with Crippen molar-refractivity contribution in [1.82, 2.24) is 10.2 Å². The first-order valence-corrected chi connectivity index (χ1v) is 7.78. The second kappa shape index (κ2) is 7.78. The highest BCUT2D eigenvalue weighted by molar-refractivity contribution is 5.33. The predicted octanol–water partition coefficient (Wildman–Crippen LogP) is 2.14. The normalized spacial score (nSPS) is 21.9. The second-order valence-corrected chi connectivity index (χ2v) is 6.07. The molecule has 21 heavy (non-hydrogen) atoms. The highest BCUT2D eigenvalue weighted by atomic mass is 16.5. The van der Waals surface area contributed by atoms with Gasteiger partial charge in [-0.2, -0.15) is 0 Å². The summed E-state index contributed by atoms with van der Waals surface area (Å²) in [6.45, 7) is 7.87. The van der Waals surface area contributed by atoms with E-state index in [0.717, 1.165) is 51.6 Å². The molecule has 1 aliphatic rings. The summed E-state index contributed by atoms with van der Waals surface area (Å²) in [7, 11) is 3.91. The first-order chi connectivity index (χ1) is 10.2. The fourth-order valence-electron chi connectivity index (χ4n) is 3.11. The highest BCUT2D eigenvalue weighted by Gasteiger charge is 2.35. The molecule has 1 aliphatic heterocycles. The first-order valence-electron chi connectivity index (χ1n) is 7.78. The fourth-order valence-corrected chi connectivity index (χ4v) is 3.11. The summed E-state index contributed by atoms with van der Waals surface area (Å²) in [6, 6.07) is 8.24. The fraction of sp³-hybridized carbons (Fsp3) is 0.647. The van der Waals surface area contributed by atoms with E-state index >= 15 is 0 Å². The summed E-state index contributed by atoms with van der Waals surface area (Å²) in [5.74, 6) is 0.966. The van der Waals surface area contributed by atoms with Gasteiger partial charge < -0.3 is 19.7 Å².